The number of aryl methyl sites for hydroxylation is 4. The van der Waals surface area contributed by atoms with Crippen molar-refractivity contribution in [3.05, 3.63) is 58.1 Å². The second-order valence-corrected chi connectivity index (χ2v) is 5.87. The lowest BCUT2D eigenvalue weighted by molar-refractivity contribution is 1.06. The van der Waals surface area contributed by atoms with Gasteiger partial charge in [-0.15, -0.1) is 0 Å². The van der Waals surface area contributed by atoms with Gasteiger partial charge in [0.2, 0.25) is 0 Å². The molecule has 2 N–H and O–H groups in total. The fourth-order valence-corrected chi connectivity index (χ4v) is 2.79. The minimum atomic E-state index is 0.914. The topological polar surface area (TPSA) is 24.1 Å². The van der Waals surface area contributed by atoms with Crippen LogP contribution in [0.2, 0.25) is 0 Å². The Labute approximate surface area is 128 Å². The van der Waals surface area contributed by atoms with E-state index in [1.54, 1.807) is 0 Å². The summed E-state index contributed by atoms with van der Waals surface area (Å²) in [6.45, 7) is 12.6. The van der Waals surface area contributed by atoms with Crippen LogP contribution in [0.3, 0.4) is 0 Å². The molecule has 0 atom stereocenters. The average Bonchev–Trinajstić information content (AvgIpc) is 2.41. The summed E-state index contributed by atoms with van der Waals surface area (Å²) in [5.74, 6) is 0. The molecule has 0 fully saturated rings. The Balaban J connectivity index is 1.92. The minimum Gasteiger partial charge on any atom is -0.383 e. The maximum atomic E-state index is 3.55. The Morgan fingerprint density at radius 2 is 1.38 bits per heavy atom. The molecule has 112 valence electrons. The number of hydrogen-bond acceptors (Lipinski definition) is 2. The van der Waals surface area contributed by atoms with Crippen molar-refractivity contribution in [2.24, 2.45) is 0 Å². The zero-order valence-electron chi connectivity index (χ0n) is 13.8. The van der Waals surface area contributed by atoms with Crippen LogP contribution in [0.25, 0.3) is 0 Å². The van der Waals surface area contributed by atoms with Crippen LogP contribution in [-0.2, 0) is 0 Å². The molecule has 0 saturated carbocycles. The highest BCUT2D eigenvalue weighted by Gasteiger charge is 2.03. The minimum absolute atomic E-state index is 0.914. The van der Waals surface area contributed by atoms with Crippen LogP contribution in [-0.4, -0.2) is 13.1 Å². The summed E-state index contributed by atoms with van der Waals surface area (Å²) < 4.78 is 0. The van der Waals surface area contributed by atoms with Gasteiger partial charge in [0.05, 0.1) is 0 Å². The monoisotopic (exact) mass is 282 g/mol. The van der Waals surface area contributed by atoms with Gasteiger partial charge < -0.3 is 10.6 Å². The highest BCUT2D eigenvalue weighted by atomic mass is 15.0. The largest absolute Gasteiger partial charge is 0.383 e. The Hall–Kier alpha value is -1.96. The third-order valence-electron chi connectivity index (χ3n) is 4.02. The predicted molar refractivity (Wildman–Crippen MR) is 93.5 cm³/mol. The van der Waals surface area contributed by atoms with Crippen molar-refractivity contribution >= 4 is 11.4 Å². The number of rotatable bonds is 5. The van der Waals surface area contributed by atoms with Crippen molar-refractivity contribution in [2.75, 3.05) is 23.7 Å². The molecule has 2 aromatic rings. The van der Waals surface area contributed by atoms with E-state index in [9.17, 15) is 0 Å². The zero-order chi connectivity index (χ0) is 15.4. The van der Waals surface area contributed by atoms with Crippen molar-refractivity contribution in [1.82, 2.24) is 0 Å². The van der Waals surface area contributed by atoms with Gasteiger partial charge in [-0.3, -0.25) is 0 Å². The molecule has 0 unspecified atom stereocenters. The fraction of sp³-hybridized carbons (Fsp3) is 0.368. The van der Waals surface area contributed by atoms with Crippen LogP contribution >= 0.6 is 0 Å². The molecule has 0 radical (unpaired) electrons. The normalized spacial score (nSPS) is 10.5. The predicted octanol–water partition coefficient (Wildman–Crippen LogP) is 4.75. The van der Waals surface area contributed by atoms with E-state index < -0.39 is 0 Å². The molecular formula is C19H26N2. The molecule has 2 nitrogen and oxygen atoms in total. The summed E-state index contributed by atoms with van der Waals surface area (Å²) in [7, 11) is 0. The van der Waals surface area contributed by atoms with E-state index in [1.165, 1.54) is 39.2 Å². The second-order valence-electron chi connectivity index (χ2n) is 5.87. The van der Waals surface area contributed by atoms with Crippen molar-refractivity contribution < 1.29 is 0 Å². The van der Waals surface area contributed by atoms with E-state index in [2.05, 4.69) is 75.6 Å². The molecule has 0 aliphatic carbocycles. The highest BCUT2D eigenvalue weighted by molar-refractivity contribution is 5.58. The highest BCUT2D eigenvalue weighted by Crippen LogP contribution is 2.22. The van der Waals surface area contributed by atoms with Crippen LogP contribution in [0.4, 0.5) is 11.4 Å². The van der Waals surface area contributed by atoms with Gasteiger partial charge in [0, 0.05) is 24.5 Å². The number of anilines is 2. The summed E-state index contributed by atoms with van der Waals surface area (Å²) in [4.78, 5) is 0. The molecule has 2 aromatic carbocycles. The summed E-state index contributed by atoms with van der Waals surface area (Å²) >= 11 is 0. The molecule has 21 heavy (non-hydrogen) atoms. The quantitative estimate of drug-likeness (QED) is 0.773. The van der Waals surface area contributed by atoms with E-state index in [4.69, 9.17) is 0 Å². The summed E-state index contributed by atoms with van der Waals surface area (Å²) in [5.41, 5.74) is 9.12. The molecule has 2 heteroatoms. The first-order valence-electron chi connectivity index (χ1n) is 7.61. The Morgan fingerprint density at radius 1 is 0.762 bits per heavy atom. The molecule has 2 rings (SSSR count). The first-order valence-corrected chi connectivity index (χ1v) is 7.61. The lowest BCUT2D eigenvalue weighted by Crippen LogP contribution is -2.15. The first-order chi connectivity index (χ1) is 9.99. The van der Waals surface area contributed by atoms with Gasteiger partial charge in [-0.05, 0) is 62.9 Å². The van der Waals surface area contributed by atoms with E-state index in [1.807, 2.05) is 0 Å². The molecular weight excluding hydrogens is 256 g/mol. The fourth-order valence-electron chi connectivity index (χ4n) is 2.79. The van der Waals surface area contributed by atoms with Crippen LogP contribution < -0.4 is 10.6 Å². The molecule has 0 saturated heterocycles. The Kier molecular flexibility index (Phi) is 4.89. The van der Waals surface area contributed by atoms with Gasteiger partial charge in [0.25, 0.3) is 0 Å². The van der Waals surface area contributed by atoms with Crippen LogP contribution in [0, 0.1) is 34.6 Å². The van der Waals surface area contributed by atoms with Gasteiger partial charge in [0.15, 0.2) is 0 Å². The average molecular weight is 282 g/mol. The van der Waals surface area contributed by atoms with E-state index in [0.29, 0.717) is 0 Å². The van der Waals surface area contributed by atoms with Gasteiger partial charge >= 0.3 is 0 Å². The lowest BCUT2D eigenvalue weighted by atomic mass is 10.1. The molecule has 0 spiro atoms. The zero-order valence-corrected chi connectivity index (χ0v) is 13.8. The number of benzene rings is 2. The molecule has 0 bridgehead atoms. The molecule has 0 aliphatic heterocycles. The number of hydrogen-bond donors (Lipinski definition) is 2. The maximum Gasteiger partial charge on any atom is 0.0400 e. The molecule has 0 aliphatic rings. The molecule has 0 amide bonds. The van der Waals surface area contributed by atoms with Crippen LogP contribution in [0.5, 0.6) is 0 Å². The van der Waals surface area contributed by atoms with Crippen molar-refractivity contribution in [3.8, 4) is 0 Å². The molecule has 0 heterocycles. The first kappa shape index (κ1) is 15.4. The van der Waals surface area contributed by atoms with E-state index >= 15 is 0 Å². The lowest BCUT2D eigenvalue weighted by Gasteiger charge is -2.15. The third-order valence-corrected chi connectivity index (χ3v) is 4.02. The summed E-state index contributed by atoms with van der Waals surface area (Å²) in [5, 5.41) is 7.06. The van der Waals surface area contributed by atoms with Crippen molar-refractivity contribution in [1.29, 1.82) is 0 Å². The second kappa shape index (κ2) is 6.66. The van der Waals surface area contributed by atoms with E-state index in [0.717, 1.165) is 13.1 Å². The number of nitrogens with one attached hydrogen (secondary N) is 2. The SMILES string of the molecule is Cc1cc(C)c(NCCNc2cccc(C)c2C)c(C)c1. The van der Waals surface area contributed by atoms with Crippen LogP contribution in [0.15, 0.2) is 30.3 Å². The Morgan fingerprint density at radius 3 is 2.05 bits per heavy atom. The smallest absolute Gasteiger partial charge is 0.0400 e. The van der Waals surface area contributed by atoms with Gasteiger partial charge in [0.1, 0.15) is 0 Å². The summed E-state index contributed by atoms with van der Waals surface area (Å²) in [6.07, 6.45) is 0. The van der Waals surface area contributed by atoms with Crippen LogP contribution in [0.1, 0.15) is 27.8 Å². The maximum absolute atomic E-state index is 3.55. The van der Waals surface area contributed by atoms with Crippen molar-refractivity contribution in [3.63, 3.8) is 0 Å². The Bertz CT molecular complexity index is 606. The third kappa shape index (κ3) is 3.78. The van der Waals surface area contributed by atoms with Gasteiger partial charge in [-0.25, -0.2) is 0 Å². The molecule has 0 aromatic heterocycles. The van der Waals surface area contributed by atoms with E-state index in [-0.39, 0.29) is 0 Å². The summed E-state index contributed by atoms with van der Waals surface area (Å²) in [6, 6.07) is 10.9. The standard InChI is InChI=1S/C19H26N2/c1-13-11-15(3)19(16(4)12-13)21-10-9-20-18-8-6-7-14(2)17(18)5/h6-8,11-12,20-21H,9-10H2,1-5H3. The van der Waals surface area contributed by atoms with Gasteiger partial charge in [-0.2, -0.15) is 0 Å². The van der Waals surface area contributed by atoms with Crippen molar-refractivity contribution in [2.45, 2.75) is 34.6 Å². The van der Waals surface area contributed by atoms with Gasteiger partial charge in [-0.1, -0.05) is 29.8 Å².